The number of carbonyl (C=O) groups is 1. The van der Waals surface area contributed by atoms with E-state index < -0.39 is 5.97 Å². The lowest BCUT2D eigenvalue weighted by Gasteiger charge is -2.17. The zero-order chi connectivity index (χ0) is 14.0. The van der Waals surface area contributed by atoms with E-state index in [4.69, 9.17) is 10.5 Å². The number of ether oxygens (including phenoxy) is 1. The van der Waals surface area contributed by atoms with Crippen LogP contribution in [-0.4, -0.2) is 46.7 Å². The number of nitrogens with two attached hydrogens (primary N) is 1. The monoisotopic (exact) mass is 266 g/mol. The van der Waals surface area contributed by atoms with E-state index in [9.17, 15) is 4.79 Å². The molecule has 2 N–H and O–H groups in total. The summed E-state index contributed by atoms with van der Waals surface area (Å²) in [4.78, 5) is 18.2. The second-order valence-electron chi connectivity index (χ2n) is 4.98. The molecule has 1 aliphatic rings. The average Bonchev–Trinajstić information content (AvgIpc) is 3.16. The Kier molecular flexibility index (Phi) is 4.09. The van der Waals surface area contributed by atoms with Crippen molar-refractivity contribution in [1.29, 1.82) is 0 Å². The van der Waals surface area contributed by atoms with Crippen LogP contribution in [0.5, 0.6) is 0 Å². The van der Waals surface area contributed by atoms with Crippen LogP contribution in [0.15, 0.2) is 0 Å². The number of rotatable bonds is 6. The highest BCUT2D eigenvalue weighted by atomic mass is 16.5. The van der Waals surface area contributed by atoms with Gasteiger partial charge in [0, 0.05) is 19.1 Å². The van der Waals surface area contributed by atoms with Crippen LogP contribution in [-0.2, 0) is 11.3 Å². The molecule has 1 fully saturated rings. The van der Waals surface area contributed by atoms with Crippen LogP contribution in [0.2, 0.25) is 0 Å². The Morgan fingerprint density at radius 3 is 2.84 bits per heavy atom. The zero-order valence-corrected chi connectivity index (χ0v) is 11.8. The molecule has 1 aromatic heterocycles. The van der Waals surface area contributed by atoms with Gasteiger partial charge in [0.25, 0.3) is 0 Å². The quantitative estimate of drug-likeness (QED) is 0.779. The molecule has 19 heavy (non-hydrogen) atoms. The molecule has 1 aromatic rings. The smallest absolute Gasteiger partial charge is 0.360 e. The number of anilines is 1. The lowest BCUT2D eigenvalue weighted by Crippen LogP contribution is -2.26. The molecule has 106 valence electrons. The highest BCUT2D eigenvalue weighted by Gasteiger charge is 2.26. The fourth-order valence-electron chi connectivity index (χ4n) is 2.17. The van der Waals surface area contributed by atoms with Crippen LogP contribution < -0.4 is 5.73 Å². The van der Waals surface area contributed by atoms with E-state index in [-0.39, 0.29) is 5.69 Å². The summed E-state index contributed by atoms with van der Waals surface area (Å²) in [6.07, 6.45) is 2.56. The van der Waals surface area contributed by atoms with Crippen LogP contribution in [0.25, 0.3) is 0 Å². The Labute approximate surface area is 113 Å². The summed E-state index contributed by atoms with van der Waals surface area (Å²) in [6, 6.07) is 0.717. The third-order valence-electron chi connectivity index (χ3n) is 3.51. The molecule has 0 bridgehead atoms. The van der Waals surface area contributed by atoms with Gasteiger partial charge >= 0.3 is 5.97 Å². The molecule has 0 amide bonds. The topological polar surface area (TPSA) is 73.4 Å². The number of nitrogens with zero attached hydrogens (tertiary/aromatic N) is 3. The minimum absolute atomic E-state index is 0.230. The minimum atomic E-state index is -0.447. The molecule has 6 heteroatoms. The Bertz CT molecular complexity index is 465. The van der Waals surface area contributed by atoms with E-state index in [0.717, 1.165) is 25.0 Å². The maximum atomic E-state index is 11.7. The summed E-state index contributed by atoms with van der Waals surface area (Å²) in [7, 11) is 2.12. The summed E-state index contributed by atoms with van der Waals surface area (Å²) >= 11 is 0. The highest BCUT2D eigenvalue weighted by Crippen LogP contribution is 2.25. The number of likely N-dealkylation sites (N-methyl/N-ethyl adjacent to an activating group) is 1. The van der Waals surface area contributed by atoms with Crippen LogP contribution in [0.3, 0.4) is 0 Å². The number of imidazole rings is 1. The van der Waals surface area contributed by atoms with E-state index in [1.165, 1.54) is 12.8 Å². The first kappa shape index (κ1) is 13.9. The van der Waals surface area contributed by atoms with E-state index in [2.05, 4.69) is 16.9 Å². The summed E-state index contributed by atoms with van der Waals surface area (Å²) in [6.45, 7) is 5.61. The Morgan fingerprint density at radius 2 is 2.26 bits per heavy atom. The lowest BCUT2D eigenvalue weighted by molar-refractivity contribution is 0.0521. The first-order valence-corrected chi connectivity index (χ1v) is 6.74. The van der Waals surface area contributed by atoms with Gasteiger partial charge in [-0.05, 0) is 33.7 Å². The van der Waals surface area contributed by atoms with E-state index in [1.807, 2.05) is 11.5 Å². The molecule has 1 heterocycles. The maximum Gasteiger partial charge on any atom is 0.360 e. The fourth-order valence-corrected chi connectivity index (χ4v) is 2.17. The molecule has 1 aliphatic carbocycles. The average molecular weight is 266 g/mol. The van der Waals surface area contributed by atoms with Gasteiger partial charge in [-0.1, -0.05) is 0 Å². The van der Waals surface area contributed by atoms with E-state index >= 15 is 0 Å². The molecule has 0 atom stereocenters. The lowest BCUT2D eigenvalue weighted by atomic mass is 10.4. The molecule has 0 aromatic carbocycles. The van der Waals surface area contributed by atoms with Gasteiger partial charge in [-0.2, -0.15) is 0 Å². The molecule has 0 saturated heterocycles. The molecular formula is C13H22N4O2. The van der Waals surface area contributed by atoms with E-state index in [0.29, 0.717) is 12.4 Å². The molecule has 0 spiro atoms. The van der Waals surface area contributed by atoms with Gasteiger partial charge in [0.2, 0.25) is 0 Å². The maximum absolute atomic E-state index is 11.7. The van der Waals surface area contributed by atoms with Gasteiger partial charge in [0.15, 0.2) is 5.69 Å². The number of aryl methyl sites for hydroxylation is 1. The van der Waals surface area contributed by atoms with Crippen molar-refractivity contribution in [2.24, 2.45) is 0 Å². The third kappa shape index (κ3) is 3.07. The van der Waals surface area contributed by atoms with Crippen molar-refractivity contribution in [3.63, 3.8) is 0 Å². The molecule has 0 aliphatic heterocycles. The van der Waals surface area contributed by atoms with Gasteiger partial charge in [0.05, 0.1) is 6.61 Å². The van der Waals surface area contributed by atoms with Gasteiger partial charge in [0.1, 0.15) is 11.6 Å². The number of nitrogen functional groups attached to an aromatic ring is 1. The number of esters is 1. The molecule has 0 unspecified atom stereocenters. The van der Waals surface area contributed by atoms with Gasteiger partial charge in [-0.15, -0.1) is 0 Å². The van der Waals surface area contributed by atoms with Gasteiger partial charge < -0.3 is 19.9 Å². The van der Waals surface area contributed by atoms with Crippen molar-refractivity contribution in [1.82, 2.24) is 14.5 Å². The number of aromatic nitrogens is 2. The molecule has 0 radical (unpaired) electrons. The normalized spacial score (nSPS) is 14.9. The van der Waals surface area contributed by atoms with Crippen molar-refractivity contribution >= 4 is 11.8 Å². The zero-order valence-electron chi connectivity index (χ0n) is 11.8. The highest BCUT2D eigenvalue weighted by molar-refractivity contribution is 5.92. The number of hydrogen-bond donors (Lipinski definition) is 1. The van der Waals surface area contributed by atoms with Gasteiger partial charge in [-0.3, -0.25) is 0 Å². The molecule has 6 nitrogen and oxygen atoms in total. The van der Waals surface area contributed by atoms with Crippen molar-refractivity contribution in [3.8, 4) is 0 Å². The third-order valence-corrected chi connectivity index (χ3v) is 3.51. The number of hydrogen-bond acceptors (Lipinski definition) is 5. The summed E-state index contributed by atoms with van der Waals surface area (Å²) in [5.41, 5.74) is 6.22. The van der Waals surface area contributed by atoms with Crippen molar-refractivity contribution in [3.05, 3.63) is 11.5 Å². The van der Waals surface area contributed by atoms with E-state index in [1.54, 1.807) is 6.92 Å². The first-order valence-electron chi connectivity index (χ1n) is 6.74. The van der Waals surface area contributed by atoms with Crippen LogP contribution in [0.1, 0.15) is 36.1 Å². The molecular weight excluding hydrogens is 244 g/mol. The van der Waals surface area contributed by atoms with Crippen LogP contribution in [0.4, 0.5) is 5.82 Å². The molecule has 1 saturated carbocycles. The van der Waals surface area contributed by atoms with Crippen LogP contribution in [0, 0.1) is 6.92 Å². The van der Waals surface area contributed by atoms with Crippen molar-refractivity contribution in [2.75, 3.05) is 25.9 Å². The Balaban J connectivity index is 2.05. The summed E-state index contributed by atoms with van der Waals surface area (Å²) in [5, 5.41) is 0. The first-order chi connectivity index (χ1) is 9.04. The second kappa shape index (κ2) is 5.61. The predicted octanol–water partition coefficient (Wildman–Crippen LogP) is 1.04. The fraction of sp³-hybridized carbons (Fsp3) is 0.692. The number of carbonyl (C=O) groups excluding carboxylic acids is 1. The Morgan fingerprint density at radius 1 is 1.58 bits per heavy atom. The minimum Gasteiger partial charge on any atom is -0.461 e. The summed E-state index contributed by atoms with van der Waals surface area (Å²) in [5.74, 6) is 0.710. The van der Waals surface area contributed by atoms with Gasteiger partial charge in [-0.25, -0.2) is 9.78 Å². The predicted molar refractivity (Wildman–Crippen MR) is 73.0 cm³/mol. The second-order valence-corrected chi connectivity index (χ2v) is 4.98. The molecule has 2 rings (SSSR count). The SMILES string of the molecule is CCOC(=O)c1nc(C)n(CCN(C)C2CC2)c1N. The summed E-state index contributed by atoms with van der Waals surface area (Å²) < 4.78 is 6.83. The van der Waals surface area contributed by atoms with Crippen LogP contribution >= 0.6 is 0 Å². The largest absolute Gasteiger partial charge is 0.461 e. The Hall–Kier alpha value is -1.56. The van der Waals surface area contributed by atoms with Crippen molar-refractivity contribution in [2.45, 2.75) is 39.3 Å². The van der Waals surface area contributed by atoms with Crippen molar-refractivity contribution < 1.29 is 9.53 Å². The standard InChI is InChI=1S/C13H22N4O2/c1-4-19-13(18)11-12(14)17(9(2)15-11)8-7-16(3)10-5-6-10/h10H,4-8,14H2,1-3H3.